The van der Waals surface area contributed by atoms with Crippen molar-refractivity contribution in [2.75, 3.05) is 62.5 Å². The third-order valence-electron chi connectivity index (χ3n) is 4.31. The normalized spacial score (nSPS) is 14.1. The number of aromatic nitrogens is 2. The number of methoxy groups -OCH3 is 1. The molecule has 1 aromatic carbocycles. The maximum Gasteiger partial charge on any atom is 0.321 e. The lowest BCUT2D eigenvalue weighted by molar-refractivity contribution is 0.208. The quantitative estimate of drug-likeness (QED) is 0.902. The van der Waals surface area contributed by atoms with E-state index in [4.69, 9.17) is 4.74 Å². The van der Waals surface area contributed by atoms with Crippen LogP contribution >= 0.6 is 0 Å². The van der Waals surface area contributed by atoms with E-state index in [9.17, 15) is 4.79 Å². The first-order chi connectivity index (χ1) is 12.6. The lowest BCUT2D eigenvalue weighted by atomic mass is 10.3. The summed E-state index contributed by atoms with van der Waals surface area (Å²) in [7, 11) is 5.47. The Morgan fingerprint density at radius 3 is 2.50 bits per heavy atom. The fourth-order valence-corrected chi connectivity index (χ4v) is 2.77. The number of amides is 2. The van der Waals surface area contributed by atoms with Crippen LogP contribution in [0.15, 0.2) is 36.4 Å². The molecule has 1 aliphatic heterocycles. The van der Waals surface area contributed by atoms with Gasteiger partial charge in [-0.3, -0.25) is 0 Å². The molecule has 1 aliphatic rings. The molecule has 8 nitrogen and oxygen atoms in total. The Morgan fingerprint density at radius 1 is 1.12 bits per heavy atom. The van der Waals surface area contributed by atoms with Gasteiger partial charge in [-0.1, -0.05) is 6.07 Å². The van der Waals surface area contributed by atoms with Crippen molar-refractivity contribution >= 4 is 23.4 Å². The minimum absolute atomic E-state index is 0.105. The number of nitrogens with zero attached hydrogens (tertiary/aromatic N) is 5. The number of rotatable bonds is 4. The number of carbonyl (C=O) groups excluding carboxylic acids is 1. The van der Waals surface area contributed by atoms with Crippen molar-refractivity contribution in [2.24, 2.45) is 0 Å². The zero-order valence-electron chi connectivity index (χ0n) is 15.3. The summed E-state index contributed by atoms with van der Waals surface area (Å²) in [5, 5.41) is 11.4. The summed E-state index contributed by atoms with van der Waals surface area (Å²) in [6, 6.07) is 11.2. The molecular weight excluding hydrogens is 332 g/mol. The SMILES string of the molecule is COc1cccc(NC(=O)N2CCN(c3ccc(N(C)C)nn3)CC2)c1. The molecule has 0 radical (unpaired) electrons. The van der Waals surface area contributed by atoms with E-state index in [1.807, 2.05) is 49.3 Å². The van der Waals surface area contributed by atoms with E-state index in [2.05, 4.69) is 20.4 Å². The number of carbonyl (C=O) groups is 1. The molecular formula is C18H24N6O2. The smallest absolute Gasteiger partial charge is 0.321 e. The van der Waals surface area contributed by atoms with E-state index < -0.39 is 0 Å². The van der Waals surface area contributed by atoms with E-state index in [-0.39, 0.29) is 6.03 Å². The minimum atomic E-state index is -0.105. The molecule has 1 aromatic heterocycles. The summed E-state index contributed by atoms with van der Waals surface area (Å²) < 4.78 is 5.18. The Hall–Kier alpha value is -3.03. The number of nitrogens with one attached hydrogen (secondary N) is 1. The molecule has 2 heterocycles. The van der Waals surface area contributed by atoms with Gasteiger partial charge < -0.3 is 24.8 Å². The third kappa shape index (κ3) is 4.14. The summed E-state index contributed by atoms with van der Waals surface area (Å²) in [5.41, 5.74) is 0.724. The van der Waals surface area contributed by atoms with Crippen molar-refractivity contribution in [3.8, 4) is 5.75 Å². The average molecular weight is 356 g/mol. The predicted molar refractivity (Wildman–Crippen MR) is 102 cm³/mol. The summed E-state index contributed by atoms with van der Waals surface area (Å²) in [6.07, 6.45) is 0. The van der Waals surface area contributed by atoms with Crippen molar-refractivity contribution in [2.45, 2.75) is 0 Å². The first-order valence-corrected chi connectivity index (χ1v) is 8.53. The lowest BCUT2D eigenvalue weighted by Crippen LogP contribution is -2.50. The maximum atomic E-state index is 12.5. The molecule has 0 bridgehead atoms. The highest BCUT2D eigenvalue weighted by Crippen LogP contribution is 2.18. The van der Waals surface area contributed by atoms with Crippen LogP contribution < -0.4 is 19.9 Å². The van der Waals surface area contributed by atoms with Crippen LogP contribution in [0, 0.1) is 0 Å². The summed E-state index contributed by atoms with van der Waals surface area (Å²) in [4.78, 5) is 18.3. The fraction of sp³-hybridized carbons (Fsp3) is 0.389. The zero-order valence-corrected chi connectivity index (χ0v) is 15.3. The molecule has 138 valence electrons. The number of piperazine rings is 1. The Labute approximate surface area is 153 Å². The second-order valence-electron chi connectivity index (χ2n) is 6.28. The Kier molecular flexibility index (Phi) is 5.40. The van der Waals surface area contributed by atoms with Gasteiger partial charge in [0.1, 0.15) is 5.75 Å². The molecule has 0 unspecified atom stereocenters. The summed E-state index contributed by atoms with van der Waals surface area (Å²) in [5.74, 6) is 2.38. The van der Waals surface area contributed by atoms with Crippen molar-refractivity contribution in [3.63, 3.8) is 0 Å². The third-order valence-corrected chi connectivity index (χ3v) is 4.31. The molecule has 8 heteroatoms. The Morgan fingerprint density at radius 2 is 1.88 bits per heavy atom. The van der Waals surface area contributed by atoms with Gasteiger partial charge in [0.15, 0.2) is 11.6 Å². The highest BCUT2D eigenvalue weighted by Gasteiger charge is 2.22. The first kappa shape index (κ1) is 17.8. The Bertz CT molecular complexity index is 742. The van der Waals surface area contributed by atoms with Gasteiger partial charge in [0.25, 0.3) is 0 Å². The minimum Gasteiger partial charge on any atom is -0.497 e. The first-order valence-electron chi connectivity index (χ1n) is 8.53. The molecule has 1 N–H and O–H groups in total. The van der Waals surface area contributed by atoms with Crippen LogP contribution in [0.1, 0.15) is 0 Å². The van der Waals surface area contributed by atoms with E-state index >= 15 is 0 Å². The van der Waals surface area contributed by atoms with Gasteiger partial charge >= 0.3 is 6.03 Å². The van der Waals surface area contributed by atoms with Crippen molar-refractivity contribution < 1.29 is 9.53 Å². The fourth-order valence-electron chi connectivity index (χ4n) is 2.77. The van der Waals surface area contributed by atoms with Crippen LogP contribution in [0.5, 0.6) is 5.75 Å². The standard InChI is InChI=1S/C18H24N6O2/c1-22(2)16-7-8-17(21-20-16)23-9-11-24(12-10-23)18(25)19-14-5-4-6-15(13-14)26-3/h4-8,13H,9-12H2,1-3H3,(H,19,25). The number of urea groups is 1. The van der Waals surface area contributed by atoms with Gasteiger partial charge in [0.2, 0.25) is 0 Å². The van der Waals surface area contributed by atoms with Gasteiger partial charge in [-0.05, 0) is 24.3 Å². The number of anilines is 3. The second-order valence-corrected chi connectivity index (χ2v) is 6.28. The van der Waals surface area contributed by atoms with Gasteiger partial charge in [0, 0.05) is 52.0 Å². The van der Waals surface area contributed by atoms with Crippen LogP contribution in [0.25, 0.3) is 0 Å². The summed E-state index contributed by atoms with van der Waals surface area (Å²) in [6.45, 7) is 2.71. The maximum absolute atomic E-state index is 12.5. The largest absolute Gasteiger partial charge is 0.497 e. The zero-order chi connectivity index (χ0) is 18.5. The molecule has 3 rings (SSSR count). The number of hydrogen-bond acceptors (Lipinski definition) is 6. The van der Waals surface area contributed by atoms with Gasteiger partial charge in [-0.25, -0.2) is 4.79 Å². The van der Waals surface area contributed by atoms with Crippen LogP contribution in [-0.2, 0) is 0 Å². The molecule has 0 spiro atoms. The predicted octanol–water partition coefficient (Wildman–Crippen LogP) is 1.91. The van der Waals surface area contributed by atoms with Crippen molar-refractivity contribution in [1.82, 2.24) is 15.1 Å². The monoisotopic (exact) mass is 356 g/mol. The molecule has 0 atom stereocenters. The van der Waals surface area contributed by atoms with E-state index in [0.717, 1.165) is 30.4 Å². The average Bonchev–Trinajstić information content (AvgIpc) is 2.68. The van der Waals surface area contributed by atoms with Crippen molar-refractivity contribution in [1.29, 1.82) is 0 Å². The molecule has 2 aromatic rings. The number of benzene rings is 1. The highest BCUT2D eigenvalue weighted by atomic mass is 16.5. The molecule has 0 saturated carbocycles. The van der Waals surface area contributed by atoms with E-state index in [1.54, 1.807) is 18.1 Å². The number of ether oxygens (including phenoxy) is 1. The molecule has 26 heavy (non-hydrogen) atoms. The van der Waals surface area contributed by atoms with E-state index in [1.165, 1.54) is 0 Å². The second kappa shape index (κ2) is 7.90. The van der Waals surface area contributed by atoms with Crippen LogP contribution in [-0.4, -0.2) is 68.5 Å². The molecule has 1 fully saturated rings. The van der Waals surface area contributed by atoms with Crippen LogP contribution in [0.4, 0.5) is 22.1 Å². The van der Waals surface area contributed by atoms with E-state index in [0.29, 0.717) is 18.8 Å². The van der Waals surface area contributed by atoms with Gasteiger partial charge in [-0.2, -0.15) is 0 Å². The lowest BCUT2D eigenvalue weighted by Gasteiger charge is -2.35. The van der Waals surface area contributed by atoms with Crippen LogP contribution in [0.3, 0.4) is 0 Å². The number of hydrogen-bond donors (Lipinski definition) is 1. The van der Waals surface area contributed by atoms with Gasteiger partial charge in [0.05, 0.1) is 7.11 Å². The molecule has 2 amide bonds. The van der Waals surface area contributed by atoms with Gasteiger partial charge in [-0.15, -0.1) is 10.2 Å². The summed E-state index contributed by atoms with van der Waals surface area (Å²) >= 11 is 0. The molecule has 1 saturated heterocycles. The Balaban J connectivity index is 1.55. The van der Waals surface area contributed by atoms with Crippen LogP contribution in [0.2, 0.25) is 0 Å². The van der Waals surface area contributed by atoms with Crippen molar-refractivity contribution in [3.05, 3.63) is 36.4 Å². The molecule has 0 aliphatic carbocycles. The highest BCUT2D eigenvalue weighted by molar-refractivity contribution is 5.89. The topological polar surface area (TPSA) is 73.8 Å².